The molecule has 0 saturated heterocycles. The lowest BCUT2D eigenvalue weighted by Gasteiger charge is -2.06. The molecule has 4 heteroatoms. The third-order valence-corrected chi connectivity index (χ3v) is 2.62. The summed E-state index contributed by atoms with van der Waals surface area (Å²) < 4.78 is 5.56. The monoisotopic (exact) mass is 264 g/mol. The molecule has 0 aliphatic heterocycles. The van der Waals surface area contributed by atoms with Crippen LogP contribution in [0.2, 0.25) is 0 Å². The van der Waals surface area contributed by atoms with Gasteiger partial charge < -0.3 is 14.9 Å². The fraction of sp³-hybridized carbons (Fsp3) is 0.400. The molecule has 1 rings (SSSR count). The van der Waals surface area contributed by atoms with Gasteiger partial charge in [0.1, 0.15) is 5.75 Å². The molecule has 0 heterocycles. The molecule has 0 saturated carbocycles. The SMILES string of the molecule is O=C(O)/C=C/c1ccc(OCCCCCCO)cc1. The Kier molecular flexibility index (Phi) is 7.35. The highest BCUT2D eigenvalue weighted by Gasteiger charge is 1.95. The molecule has 104 valence electrons. The Morgan fingerprint density at radius 1 is 1.11 bits per heavy atom. The molecule has 1 aromatic rings. The number of hydrogen-bond donors (Lipinski definition) is 2. The number of carbonyl (C=O) groups is 1. The van der Waals surface area contributed by atoms with Crippen molar-refractivity contribution in [1.82, 2.24) is 0 Å². The van der Waals surface area contributed by atoms with Crippen molar-refractivity contribution < 1.29 is 19.7 Å². The molecule has 0 fully saturated rings. The number of benzene rings is 1. The minimum Gasteiger partial charge on any atom is -0.494 e. The normalized spacial score (nSPS) is 10.8. The first kappa shape index (κ1) is 15.2. The molecule has 2 N–H and O–H groups in total. The fourth-order valence-corrected chi connectivity index (χ4v) is 1.60. The van der Waals surface area contributed by atoms with E-state index in [2.05, 4.69) is 0 Å². The second-order valence-electron chi connectivity index (χ2n) is 4.23. The van der Waals surface area contributed by atoms with Crippen molar-refractivity contribution >= 4 is 12.0 Å². The van der Waals surface area contributed by atoms with Crippen LogP contribution in [-0.4, -0.2) is 29.4 Å². The van der Waals surface area contributed by atoms with Crippen LogP contribution in [0.3, 0.4) is 0 Å². The fourth-order valence-electron chi connectivity index (χ4n) is 1.60. The van der Waals surface area contributed by atoms with Gasteiger partial charge in [-0.3, -0.25) is 0 Å². The van der Waals surface area contributed by atoms with Crippen LogP contribution >= 0.6 is 0 Å². The Hall–Kier alpha value is -1.81. The molecule has 19 heavy (non-hydrogen) atoms. The molecule has 0 spiro atoms. The zero-order valence-electron chi connectivity index (χ0n) is 10.9. The van der Waals surface area contributed by atoms with Gasteiger partial charge in [0.2, 0.25) is 0 Å². The van der Waals surface area contributed by atoms with Gasteiger partial charge in [0.15, 0.2) is 0 Å². The van der Waals surface area contributed by atoms with Gasteiger partial charge in [-0.05, 0) is 43.0 Å². The average molecular weight is 264 g/mol. The van der Waals surface area contributed by atoms with Crippen molar-refractivity contribution in [2.75, 3.05) is 13.2 Å². The first-order chi connectivity index (χ1) is 9.22. The molecular weight excluding hydrogens is 244 g/mol. The van der Waals surface area contributed by atoms with Gasteiger partial charge in [-0.2, -0.15) is 0 Å². The molecule has 0 radical (unpaired) electrons. The maximum atomic E-state index is 10.4. The van der Waals surface area contributed by atoms with Crippen molar-refractivity contribution in [3.05, 3.63) is 35.9 Å². The van der Waals surface area contributed by atoms with Crippen LogP contribution in [0.5, 0.6) is 5.75 Å². The minimum absolute atomic E-state index is 0.256. The number of aliphatic carboxylic acids is 1. The summed E-state index contributed by atoms with van der Waals surface area (Å²) in [6, 6.07) is 7.30. The minimum atomic E-state index is -0.955. The Bertz CT molecular complexity index is 395. The van der Waals surface area contributed by atoms with E-state index in [0.717, 1.165) is 43.1 Å². The van der Waals surface area contributed by atoms with Gasteiger partial charge >= 0.3 is 5.97 Å². The summed E-state index contributed by atoms with van der Waals surface area (Å²) in [5.74, 6) is -0.169. The largest absolute Gasteiger partial charge is 0.494 e. The highest BCUT2D eigenvalue weighted by molar-refractivity contribution is 5.85. The predicted octanol–water partition coefficient (Wildman–Crippen LogP) is 2.72. The number of hydrogen-bond acceptors (Lipinski definition) is 3. The number of unbranched alkanes of at least 4 members (excludes halogenated alkanes) is 3. The molecule has 0 aromatic heterocycles. The van der Waals surface area contributed by atoms with Gasteiger partial charge in [0.05, 0.1) is 6.61 Å². The molecule has 0 atom stereocenters. The van der Waals surface area contributed by atoms with E-state index in [1.165, 1.54) is 0 Å². The van der Waals surface area contributed by atoms with E-state index in [1.54, 1.807) is 6.08 Å². The van der Waals surface area contributed by atoms with E-state index in [9.17, 15) is 4.79 Å². The van der Waals surface area contributed by atoms with E-state index < -0.39 is 5.97 Å². The number of carboxylic acid groups (broad SMARTS) is 1. The van der Waals surface area contributed by atoms with Crippen LogP contribution in [0.15, 0.2) is 30.3 Å². The first-order valence-electron chi connectivity index (χ1n) is 6.47. The molecule has 4 nitrogen and oxygen atoms in total. The van der Waals surface area contributed by atoms with E-state index in [0.29, 0.717) is 6.61 Å². The maximum Gasteiger partial charge on any atom is 0.328 e. The quantitative estimate of drug-likeness (QED) is 0.531. The lowest BCUT2D eigenvalue weighted by Crippen LogP contribution is -1.97. The van der Waals surface area contributed by atoms with Gasteiger partial charge in [0, 0.05) is 12.7 Å². The van der Waals surface area contributed by atoms with Crippen molar-refractivity contribution in [3.8, 4) is 5.75 Å². The van der Waals surface area contributed by atoms with Crippen LogP contribution < -0.4 is 4.74 Å². The summed E-state index contributed by atoms with van der Waals surface area (Å²) >= 11 is 0. The summed E-state index contributed by atoms with van der Waals surface area (Å²) in [5, 5.41) is 17.1. The Morgan fingerprint density at radius 2 is 1.79 bits per heavy atom. The van der Waals surface area contributed by atoms with Crippen LogP contribution in [0.25, 0.3) is 6.08 Å². The lowest BCUT2D eigenvalue weighted by atomic mass is 10.2. The Balaban J connectivity index is 2.26. The second kappa shape index (κ2) is 9.16. The smallest absolute Gasteiger partial charge is 0.328 e. The molecular formula is C15H20O4. The van der Waals surface area contributed by atoms with E-state index in [4.69, 9.17) is 14.9 Å². The average Bonchev–Trinajstić information content (AvgIpc) is 2.41. The van der Waals surface area contributed by atoms with Crippen molar-refractivity contribution in [3.63, 3.8) is 0 Å². The van der Waals surface area contributed by atoms with Gasteiger partial charge in [-0.15, -0.1) is 0 Å². The third kappa shape index (κ3) is 7.26. The standard InChI is InChI=1S/C15H20O4/c16-11-3-1-2-4-12-19-14-8-5-13(6-9-14)7-10-15(17)18/h5-10,16H,1-4,11-12H2,(H,17,18)/b10-7+. The maximum absolute atomic E-state index is 10.4. The first-order valence-corrected chi connectivity index (χ1v) is 6.47. The van der Waals surface area contributed by atoms with E-state index in [1.807, 2.05) is 24.3 Å². The van der Waals surface area contributed by atoms with Gasteiger partial charge in [-0.1, -0.05) is 18.6 Å². The number of aliphatic hydroxyl groups is 1. The van der Waals surface area contributed by atoms with Gasteiger partial charge in [0.25, 0.3) is 0 Å². The topological polar surface area (TPSA) is 66.8 Å². The van der Waals surface area contributed by atoms with Crippen LogP contribution in [0.1, 0.15) is 31.2 Å². The van der Waals surface area contributed by atoms with Crippen molar-refractivity contribution in [2.45, 2.75) is 25.7 Å². The van der Waals surface area contributed by atoms with Gasteiger partial charge in [-0.25, -0.2) is 4.79 Å². The van der Waals surface area contributed by atoms with E-state index >= 15 is 0 Å². The second-order valence-corrected chi connectivity index (χ2v) is 4.23. The molecule has 0 bridgehead atoms. The third-order valence-electron chi connectivity index (χ3n) is 2.62. The Labute approximate surface area is 113 Å². The number of rotatable bonds is 9. The predicted molar refractivity (Wildman–Crippen MR) is 74.2 cm³/mol. The lowest BCUT2D eigenvalue weighted by molar-refractivity contribution is -0.131. The summed E-state index contributed by atoms with van der Waals surface area (Å²) in [5.41, 5.74) is 0.831. The Morgan fingerprint density at radius 3 is 2.42 bits per heavy atom. The summed E-state index contributed by atoms with van der Waals surface area (Å²) in [6.45, 7) is 0.919. The molecule has 0 aliphatic rings. The molecule has 0 unspecified atom stereocenters. The summed E-state index contributed by atoms with van der Waals surface area (Å²) in [6.07, 6.45) is 6.56. The zero-order valence-corrected chi connectivity index (χ0v) is 10.9. The number of aliphatic hydroxyl groups excluding tert-OH is 1. The highest BCUT2D eigenvalue weighted by atomic mass is 16.5. The van der Waals surface area contributed by atoms with E-state index in [-0.39, 0.29) is 6.61 Å². The number of ether oxygens (including phenoxy) is 1. The van der Waals surface area contributed by atoms with Crippen LogP contribution in [-0.2, 0) is 4.79 Å². The molecule has 0 amide bonds. The summed E-state index contributed by atoms with van der Waals surface area (Å²) in [7, 11) is 0. The summed E-state index contributed by atoms with van der Waals surface area (Å²) in [4.78, 5) is 10.4. The zero-order chi connectivity index (χ0) is 13.9. The van der Waals surface area contributed by atoms with Crippen molar-refractivity contribution in [1.29, 1.82) is 0 Å². The molecule has 0 aliphatic carbocycles. The van der Waals surface area contributed by atoms with Crippen LogP contribution in [0, 0.1) is 0 Å². The highest BCUT2D eigenvalue weighted by Crippen LogP contribution is 2.14. The van der Waals surface area contributed by atoms with Crippen LogP contribution in [0.4, 0.5) is 0 Å². The number of carboxylic acids is 1. The van der Waals surface area contributed by atoms with Crippen molar-refractivity contribution in [2.24, 2.45) is 0 Å². The molecule has 1 aromatic carbocycles.